The zero-order chi connectivity index (χ0) is 19.0. The standard InChI is InChI=1S/C17H13BrN2O5S/c1-20-16(23)14(26-17(20)24)6-8-5-13(11(22)7-9(8)18)25-12-4-2-3-10(21)15(12)19/h2-7,21-22H,19H2,1H3/b14-6-. The first-order chi connectivity index (χ1) is 12.3. The van der Waals surface area contributed by atoms with Crippen LogP contribution in [0.15, 0.2) is 39.7 Å². The summed E-state index contributed by atoms with van der Waals surface area (Å²) in [5.74, 6) is -0.467. The lowest BCUT2D eigenvalue weighted by Gasteiger charge is -2.12. The van der Waals surface area contributed by atoms with E-state index in [4.69, 9.17) is 10.5 Å². The Kier molecular flexibility index (Phi) is 4.84. The zero-order valence-corrected chi connectivity index (χ0v) is 15.8. The van der Waals surface area contributed by atoms with Crippen LogP contribution in [0.1, 0.15) is 5.56 Å². The van der Waals surface area contributed by atoms with E-state index in [1.54, 1.807) is 12.1 Å². The van der Waals surface area contributed by atoms with E-state index in [1.807, 2.05) is 0 Å². The quantitative estimate of drug-likeness (QED) is 0.379. The van der Waals surface area contributed by atoms with E-state index < -0.39 is 5.91 Å². The van der Waals surface area contributed by atoms with Gasteiger partial charge < -0.3 is 20.7 Å². The number of ether oxygens (including phenoxy) is 1. The van der Waals surface area contributed by atoms with Crippen LogP contribution in [0.25, 0.3) is 6.08 Å². The number of carbonyl (C=O) groups is 2. The van der Waals surface area contributed by atoms with E-state index in [-0.39, 0.29) is 38.8 Å². The van der Waals surface area contributed by atoms with E-state index >= 15 is 0 Å². The van der Waals surface area contributed by atoms with Gasteiger partial charge in [-0.2, -0.15) is 0 Å². The van der Waals surface area contributed by atoms with Crippen LogP contribution in [0.5, 0.6) is 23.0 Å². The number of amides is 2. The smallest absolute Gasteiger partial charge is 0.293 e. The van der Waals surface area contributed by atoms with Crippen molar-refractivity contribution in [2.24, 2.45) is 0 Å². The normalized spacial score (nSPS) is 15.8. The molecule has 26 heavy (non-hydrogen) atoms. The Morgan fingerprint density at radius 1 is 1.19 bits per heavy atom. The molecular formula is C17H13BrN2O5S. The van der Waals surface area contributed by atoms with Gasteiger partial charge in [0.15, 0.2) is 17.2 Å². The molecule has 0 saturated carbocycles. The summed E-state index contributed by atoms with van der Waals surface area (Å²) in [5.41, 5.74) is 6.32. The summed E-state index contributed by atoms with van der Waals surface area (Å²) in [4.78, 5) is 24.9. The number of anilines is 1. The summed E-state index contributed by atoms with van der Waals surface area (Å²) in [7, 11) is 1.41. The Hall–Kier alpha value is -2.65. The topological polar surface area (TPSA) is 113 Å². The largest absolute Gasteiger partial charge is 0.506 e. The average molecular weight is 437 g/mol. The van der Waals surface area contributed by atoms with Crippen LogP contribution in [-0.2, 0) is 4.79 Å². The van der Waals surface area contributed by atoms with Crippen molar-refractivity contribution in [3.63, 3.8) is 0 Å². The molecule has 9 heteroatoms. The van der Waals surface area contributed by atoms with Crippen molar-refractivity contribution in [3.05, 3.63) is 45.3 Å². The number of imide groups is 1. The molecule has 134 valence electrons. The number of aromatic hydroxyl groups is 2. The second-order valence-electron chi connectivity index (χ2n) is 5.37. The van der Waals surface area contributed by atoms with Gasteiger partial charge in [0, 0.05) is 11.5 Å². The van der Waals surface area contributed by atoms with Crippen LogP contribution in [0, 0.1) is 0 Å². The van der Waals surface area contributed by atoms with Gasteiger partial charge in [-0.3, -0.25) is 14.5 Å². The number of hydrogen-bond donors (Lipinski definition) is 3. The molecule has 3 rings (SSSR count). The highest BCUT2D eigenvalue weighted by Crippen LogP contribution is 2.41. The Morgan fingerprint density at radius 3 is 2.58 bits per heavy atom. The molecule has 0 atom stereocenters. The molecule has 0 aromatic heterocycles. The summed E-state index contributed by atoms with van der Waals surface area (Å²) >= 11 is 4.13. The maximum Gasteiger partial charge on any atom is 0.293 e. The fraction of sp³-hybridized carbons (Fsp3) is 0.0588. The van der Waals surface area contributed by atoms with Crippen LogP contribution in [0.3, 0.4) is 0 Å². The summed E-state index contributed by atoms with van der Waals surface area (Å²) < 4.78 is 6.10. The highest BCUT2D eigenvalue weighted by Gasteiger charge is 2.32. The Balaban J connectivity index is 1.99. The number of rotatable bonds is 3. The van der Waals surface area contributed by atoms with Gasteiger partial charge in [-0.25, -0.2) is 0 Å². The molecule has 2 aromatic rings. The first-order valence-electron chi connectivity index (χ1n) is 7.27. The molecule has 1 aliphatic heterocycles. The minimum Gasteiger partial charge on any atom is -0.506 e. The van der Waals surface area contributed by atoms with E-state index in [0.29, 0.717) is 10.0 Å². The van der Waals surface area contributed by atoms with Gasteiger partial charge in [-0.1, -0.05) is 22.0 Å². The van der Waals surface area contributed by atoms with Crippen LogP contribution < -0.4 is 10.5 Å². The molecule has 7 nitrogen and oxygen atoms in total. The predicted molar refractivity (Wildman–Crippen MR) is 102 cm³/mol. The van der Waals surface area contributed by atoms with Crippen molar-refractivity contribution in [2.45, 2.75) is 0 Å². The number of thioether (sulfide) groups is 1. The lowest BCUT2D eigenvalue weighted by molar-refractivity contribution is -0.121. The minimum atomic E-state index is -0.403. The van der Waals surface area contributed by atoms with Crippen LogP contribution >= 0.6 is 27.7 Å². The molecule has 1 fully saturated rings. The molecule has 0 radical (unpaired) electrons. The van der Waals surface area contributed by atoms with Gasteiger partial charge in [-0.15, -0.1) is 0 Å². The summed E-state index contributed by atoms with van der Waals surface area (Å²) in [6.07, 6.45) is 1.52. The SMILES string of the molecule is CN1C(=O)S/C(=C\c2cc(Oc3cccc(O)c3N)c(O)cc2Br)C1=O. The van der Waals surface area contributed by atoms with Gasteiger partial charge in [0.2, 0.25) is 0 Å². The lowest BCUT2D eigenvalue weighted by Crippen LogP contribution is -2.22. The van der Waals surface area contributed by atoms with Crippen molar-refractivity contribution in [1.82, 2.24) is 4.90 Å². The van der Waals surface area contributed by atoms with Crippen LogP contribution in [0.4, 0.5) is 10.5 Å². The second kappa shape index (κ2) is 6.93. The lowest BCUT2D eigenvalue weighted by atomic mass is 10.1. The van der Waals surface area contributed by atoms with Gasteiger partial charge in [0.25, 0.3) is 11.1 Å². The van der Waals surface area contributed by atoms with Gasteiger partial charge in [0.05, 0.1) is 4.91 Å². The number of phenolic OH excluding ortho intramolecular Hbond substituents is 2. The molecule has 1 saturated heterocycles. The number of nitrogens with two attached hydrogens (primary N) is 1. The summed E-state index contributed by atoms with van der Waals surface area (Å²) in [6.45, 7) is 0. The molecule has 2 amide bonds. The molecule has 2 aromatic carbocycles. The van der Waals surface area contributed by atoms with E-state index in [2.05, 4.69) is 15.9 Å². The molecule has 0 unspecified atom stereocenters. The van der Waals surface area contributed by atoms with E-state index in [9.17, 15) is 19.8 Å². The Labute approximate surface area is 161 Å². The minimum absolute atomic E-state index is 0.0310. The Bertz CT molecular complexity index is 960. The molecule has 1 heterocycles. The van der Waals surface area contributed by atoms with Crippen LogP contribution in [-0.4, -0.2) is 33.3 Å². The van der Waals surface area contributed by atoms with Gasteiger partial charge >= 0.3 is 0 Å². The number of para-hydroxylation sites is 1. The van der Waals surface area contributed by atoms with Crippen molar-refractivity contribution < 1.29 is 24.5 Å². The number of likely N-dealkylation sites (N-methyl/N-ethyl adjacent to an activating group) is 1. The monoisotopic (exact) mass is 436 g/mol. The highest BCUT2D eigenvalue weighted by molar-refractivity contribution is 9.10. The first kappa shape index (κ1) is 18.2. The van der Waals surface area contributed by atoms with Crippen molar-refractivity contribution in [2.75, 3.05) is 12.8 Å². The van der Waals surface area contributed by atoms with Crippen molar-refractivity contribution >= 4 is 50.6 Å². The third kappa shape index (κ3) is 3.35. The number of nitrogens with zero attached hydrogens (tertiary/aromatic N) is 1. The number of carbonyl (C=O) groups excluding carboxylic acids is 2. The molecular weight excluding hydrogens is 424 g/mol. The summed E-state index contributed by atoms with van der Waals surface area (Å²) in [5, 5.41) is 19.4. The number of benzene rings is 2. The fourth-order valence-electron chi connectivity index (χ4n) is 2.18. The zero-order valence-electron chi connectivity index (χ0n) is 13.4. The second-order valence-corrected chi connectivity index (χ2v) is 7.22. The van der Waals surface area contributed by atoms with Gasteiger partial charge in [0.1, 0.15) is 11.4 Å². The number of hydrogen-bond acceptors (Lipinski definition) is 7. The van der Waals surface area contributed by atoms with Crippen LogP contribution in [0.2, 0.25) is 0 Å². The third-order valence-corrected chi connectivity index (χ3v) is 5.26. The summed E-state index contributed by atoms with van der Waals surface area (Å²) in [6, 6.07) is 7.40. The molecule has 0 bridgehead atoms. The molecule has 0 aliphatic carbocycles. The molecule has 1 aliphatic rings. The first-order valence-corrected chi connectivity index (χ1v) is 8.88. The van der Waals surface area contributed by atoms with Crippen molar-refractivity contribution in [1.29, 1.82) is 0 Å². The number of phenols is 2. The van der Waals surface area contributed by atoms with E-state index in [1.165, 1.54) is 31.3 Å². The van der Waals surface area contributed by atoms with Gasteiger partial charge in [-0.05, 0) is 47.7 Å². The maximum atomic E-state index is 12.0. The predicted octanol–water partition coefficient (Wildman–Crippen LogP) is 3.90. The van der Waals surface area contributed by atoms with Crippen molar-refractivity contribution in [3.8, 4) is 23.0 Å². The molecule has 0 spiro atoms. The fourth-order valence-corrected chi connectivity index (χ4v) is 3.44. The maximum absolute atomic E-state index is 12.0. The highest BCUT2D eigenvalue weighted by atomic mass is 79.9. The third-order valence-electron chi connectivity index (χ3n) is 3.61. The Morgan fingerprint density at radius 2 is 1.92 bits per heavy atom. The number of halogens is 1. The number of nitrogen functional groups attached to an aromatic ring is 1. The van der Waals surface area contributed by atoms with E-state index in [0.717, 1.165) is 16.7 Å². The average Bonchev–Trinajstić information content (AvgIpc) is 2.83. The molecule has 4 N–H and O–H groups in total.